The topological polar surface area (TPSA) is 0 Å². The molecule has 2 aliphatic carbocycles. The molecule has 14 heavy (non-hydrogen) atoms. The zero-order chi connectivity index (χ0) is 10.3. The number of allylic oxidation sites excluding steroid dienone is 2. The Morgan fingerprint density at radius 2 is 2.00 bits per heavy atom. The molecule has 0 nitrogen and oxygen atoms in total. The van der Waals surface area contributed by atoms with Gasteiger partial charge in [0.1, 0.15) is 0 Å². The molecular weight excluding hydrogens is 168 g/mol. The maximum Gasteiger partial charge on any atom is -0.00879 e. The van der Waals surface area contributed by atoms with Crippen LogP contribution in [0.4, 0.5) is 0 Å². The van der Waals surface area contributed by atoms with Gasteiger partial charge in [-0.2, -0.15) is 0 Å². The van der Waals surface area contributed by atoms with Crippen molar-refractivity contribution in [1.82, 2.24) is 0 Å². The lowest BCUT2D eigenvalue weighted by Crippen LogP contribution is -2.38. The summed E-state index contributed by atoms with van der Waals surface area (Å²) < 4.78 is 0. The lowest BCUT2D eigenvalue weighted by Gasteiger charge is -2.48. The molecule has 0 aliphatic heterocycles. The molecule has 0 N–H and O–H groups in total. The predicted molar refractivity (Wildman–Crippen MR) is 62.2 cm³/mol. The van der Waals surface area contributed by atoms with Gasteiger partial charge in [-0.3, -0.25) is 0 Å². The summed E-state index contributed by atoms with van der Waals surface area (Å²) in [5.74, 6) is 2.70. The van der Waals surface area contributed by atoms with Crippen molar-refractivity contribution in [3.05, 3.63) is 11.6 Å². The van der Waals surface area contributed by atoms with Crippen molar-refractivity contribution in [3.8, 4) is 0 Å². The van der Waals surface area contributed by atoms with E-state index >= 15 is 0 Å². The van der Waals surface area contributed by atoms with Crippen LogP contribution in [0.1, 0.15) is 53.4 Å². The standard InChI is InChI=1S/C14H24/c1-10-7-8-14(4)12(3)11(2)5-6-13(14)9-10/h6,10-12H,5,7-9H2,1-4H3/t10?,11?,12?,14-/m1/s1. The van der Waals surface area contributed by atoms with Gasteiger partial charge in [-0.05, 0) is 48.9 Å². The summed E-state index contributed by atoms with van der Waals surface area (Å²) in [5.41, 5.74) is 2.33. The first-order chi connectivity index (χ1) is 6.54. The molecule has 3 unspecified atom stereocenters. The van der Waals surface area contributed by atoms with Crippen molar-refractivity contribution in [2.24, 2.45) is 23.2 Å². The second kappa shape index (κ2) is 3.40. The molecule has 0 heterocycles. The number of hydrogen-bond donors (Lipinski definition) is 0. The van der Waals surface area contributed by atoms with Crippen molar-refractivity contribution >= 4 is 0 Å². The van der Waals surface area contributed by atoms with E-state index in [0.29, 0.717) is 5.41 Å². The van der Waals surface area contributed by atoms with Crippen LogP contribution in [0, 0.1) is 23.2 Å². The summed E-state index contributed by atoms with van der Waals surface area (Å²) >= 11 is 0. The molecule has 0 amide bonds. The molecule has 2 aliphatic rings. The highest BCUT2D eigenvalue weighted by Gasteiger charge is 2.42. The fourth-order valence-corrected chi connectivity index (χ4v) is 3.41. The normalized spacial score (nSPS) is 48.3. The van der Waals surface area contributed by atoms with Gasteiger partial charge in [-0.25, -0.2) is 0 Å². The summed E-state index contributed by atoms with van der Waals surface area (Å²) in [7, 11) is 0. The molecule has 0 aromatic rings. The minimum Gasteiger partial charge on any atom is -0.0845 e. The minimum absolute atomic E-state index is 0.546. The van der Waals surface area contributed by atoms with Gasteiger partial charge in [0, 0.05) is 0 Å². The van der Waals surface area contributed by atoms with E-state index in [1.165, 1.54) is 25.7 Å². The molecule has 4 atom stereocenters. The van der Waals surface area contributed by atoms with Crippen molar-refractivity contribution in [2.75, 3.05) is 0 Å². The second-order valence-corrected chi connectivity index (χ2v) is 6.00. The molecule has 1 saturated carbocycles. The minimum atomic E-state index is 0.546. The smallest absolute Gasteiger partial charge is 0.00879 e. The first-order valence-corrected chi connectivity index (χ1v) is 6.23. The van der Waals surface area contributed by atoms with Gasteiger partial charge in [0.2, 0.25) is 0 Å². The van der Waals surface area contributed by atoms with E-state index in [0.717, 1.165) is 17.8 Å². The van der Waals surface area contributed by atoms with Gasteiger partial charge in [-0.15, -0.1) is 0 Å². The quantitative estimate of drug-likeness (QED) is 0.499. The average molecular weight is 192 g/mol. The second-order valence-electron chi connectivity index (χ2n) is 6.00. The van der Waals surface area contributed by atoms with Crippen LogP contribution in [0.2, 0.25) is 0 Å². The first-order valence-electron chi connectivity index (χ1n) is 6.23. The molecule has 2 rings (SSSR count). The van der Waals surface area contributed by atoms with Crippen LogP contribution in [0.15, 0.2) is 11.6 Å². The summed E-state index contributed by atoms with van der Waals surface area (Å²) in [5, 5.41) is 0. The third kappa shape index (κ3) is 1.43. The van der Waals surface area contributed by atoms with Gasteiger partial charge in [0.15, 0.2) is 0 Å². The summed E-state index contributed by atoms with van der Waals surface area (Å²) in [6.07, 6.45) is 8.10. The van der Waals surface area contributed by atoms with Crippen molar-refractivity contribution < 1.29 is 0 Å². The Morgan fingerprint density at radius 3 is 2.71 bits per heavy atom. The Bertz CT molecular complexity index is 251. The Morgan fingerprint density at radius 1 is 1.29 bits per heavy atom. The lowest BCUT2D eigenvalue weighted by atomic mass is 9.57. The van der Waals surface area contributed by atoms with E-state index in [2.05, 4.69) is 33.8 Å². The molecular formula is C14H24. The van der Waals surface area contributed by atoms with E-state index in [1.54, 1.807) is 5.57 Å². The summed E-state index contributed by atoms with van der Waals surface area (Å²) in [6, 6.07) is 0. The number of fused-ring (bicyclic) bond motifs is 1. The summed E-state index contributed by atoms with van der Waals surface area (Å²) in [4.78, 5) is 0. The van der Waals surface area contributed by atoms with Crippen molar-refractivity contribution in [2.45, 2.75) is 53.4 Å². The van der Waals surface area contributed by atoms with E-state index < -0.39 is 0 Å². The van der Waals surface area contributed by atoms with Gasteiger partial charge in [0.05, 0.1) is 0 Å². The van der Waals surface area contributed by atoms with Gasteiger partial charge in [0.25, 0.3) is 0 Å². The van der Waals surface area contributed by atoms with Crippen molar-refractivity contribution in [1.29, 1.82) is 0 Å². The highest BCUT2D eigenvalue weighted by Crippen LogP contribution is 2.53. The zero-order valence-corrected chi connectivity index (χ0v) is 10.1. The largest absolute Gasteiger partial charge is 0.0845 e. The Kier molecular flexibility index (Phi) is 2.49. The van der Waals surface area contributed by atoms with Crippen LogP contribution < -0.4 is 0 Å². The Hall–Kier alpha value is -0.260. The maximum absolute atomic E-state index is 2.56. The predicted octanol–water partition coefficient (Wildman–Crippen LogP) is 4.42. The van der Waals surface area contributed by atoms with Crippen LogP contribution in [-0.4, -0.2) is 0 Å². The molecule has 0 aromatic heterocycles. The maximum atomic E-state index is 2.56. The fourth-order valence-electron chi connectivity index (χ4n) is 3.41. The highest BCUT2D eigenvalue weighted by molar-refractivity contribution is 5.21. The van der Waals surface area contributed by atoms with Crippen LogP contribution >= 0.6 is 0 Å². The number of hydrogen-bond acceptors (Lipinski definition) is 0. The molecule has 0 spiro atoms. The van der Waals surface area contributed by atoms with Gasteiger partial charge >= 0.3 is 0 Å². The third-order valence-corrected chi connectivity index (χ3v) is 5.05. The molecule has 0 saturated heterocycles. The molecule has 80 valence electrons. The van der Waals surface area contributed by atoms with E-state index in [-0.39, 0.29) is 0 Å². The zero-order valence-electron chi connectivity index (χ0n) is 10.1. The number of rotatable bonds is 0. The SMILES string of the molecule is CC1CC[C@@]2(C)C(=CCC(C)C2C)C1. The molecule has 0 radical (unpaired) electrons. The van der Waals surface area contributed by atoms with Gasteiger partial charge < -0.3 is 0 Å². The first kappa shape index (κ1) is 10.3. The molecule has 0 aromatic carbocycles. The van der Waals surface area contributed by atoms with Crippen LogP contribution in [-0.2, 0) is 0 Å². The average Bonchev–Trinajstić information content (AvgIpc) is 2.16. The summed E-state index contributed by atoms with van der Waals surface area (Å²) in [6.45, 7) is 9.79. The monoisotopic (exact) mass is 192 g/mol. The van der Waals surface area contributed by atoms with E-state index in [1.807, 2.05) is 0 Å². The van der Waals surface area contributed by atoms with Crippen LogP contribution in [0.25, 0.3) is 0 Å². The van der Waals surface area contributed by atoms with Crippen LogP contribution in [0.3, 0.4) is 0 Å². The molecule has 0 bridgehead atoms. The highest BCUT2D eigenvalue weighted by atomic mass is 14.5. The third-order valence-electron chi connectivity index (χ3n) is 5.05. The Balaban J connectivity index is 2.28. The molecule has 1 fully saturated rings. The fraction of sp³-hybridized carbons (Fsp3) is 0.857. The van der Waals surface area contributed by atoms with E-state index in [4.69, 9.17) is 0 Å². The van der Waals surface area contributed by atoms with Crippen molar-refractivity contribution in [3.63, 3.8) is 0 Å². The van der Waals surface area contributed by atoms with E-state index in [9.17, 15) is 0 Å². The Labute approximate surface area is 88.8 Å². The molecule has 0 heteroatoms. The van der Waals surface area contributed by atoms with Crippen LogP contribution in [0.5, 0.6) is 0 Å². The van der Waals surface area contributed by atoms with Gasteiger partial charge in [-0.1, -0.05) is 39.3 Å². The lowest BCUT2D eigenvalue weighted by molar-refractivity contribution is 0.117.